The van der Waals surface area contributed by atoms with Crippen LogP contribution < -0.4 is 5.32 Å². The maximum Gasteiger partial charge on any atom is 0.227 e. The highest BCUT2D eigenvalue weighted by Crippen LogP contribution is 2.62. The molecule has 4 bridgehead atoms. The minimum Gasteiger partial charge on any atom is -0.390 e. The molecule has 0 spiro atoms. The van der Waals surface area contributed by atoms with E-state index in [0.29, 0.717) is 24.2 Å². The van der Waals surface area contributed by atoms with E-state index in [4.69, 9.17) is 0 Å². The van der Waals surface area contributed by atoms with Crippen LogP contribution in [0.3, 0.4) is 0 Å². The number of nitrogens with zero attached hydrogens (tertiary/aromatic N) is 2. The number of aryl methyl sites for hydroxylation is 1. The summed E-state index contributed by atoms with van der Waals surface area (Å²) < 4.78 is 2.11. The molecule has 0 aliphatic heterocycles. The lowest BCUT2D eigenvalue weighted by Gasteiger charge is -2.60. The number of benzene rings is 1. The number of aliphatic hydroxyl groups is 1. The summed E-state index contributed by atoms with van der Waals surface area (Å²) in [7, 11) is 0. The van der Waals surface area contributed by atoms with Crippen LogP contribution in [0.4, 0.5) is 5.95 Å². The molecular weight excluding hydrogens is 338 g/mol. The lowest BCUT2D eigenvalue weighted by Crippen LogP contribution is -2.56. The molecule has 0 radical (unpaired) electrons. The molecule has 1 heterocycles. The van der Waals surface area contributed by atoms with Crippen LogP contribution in [-0.2, 0) is 11.3 Å². The molecule has 1 aromatic heterocycles. The van der Waals surface area contributed by atoms with Gasteiger partial charge in [-0.3, -0.25) is 10.1 Å². The first-order valence-corrected chi connectivity index (χ1v) is 10.5. The zero-order valence-electron chi connectivity index (χ0n) is 16.1. The van der Waals surface area contributed by atoms with Crippen molar-refractivity contribution in [1.82, 2.24) is 9.55 Å². The molecule has 2 aromatic rings. The number of hydrogen-bond donors (Lipinski definition) is 2. The Hall–Kier alpha value is -1.88. The van der Waals surface area contributed by atoms with Crippen LogP contribution in [0.15, 0.2) is 24.3 Å². The molecule has 2 N–H and O–H groups in total. The van der Waals surface area contributed by atoms with Crippen molar-refractivity contribution in [2.75, 3.05) is 5.32 Å². The maximum absolute atomic E-state index is 13.0. The summed E-state index contributed by atoms with van der Waals surface area (Å²) in [5, 5.41) is 14.0. The molecule has 6 rings (SSSR count). The zero-order valence-corrected chi connectivity index (χ0v) is 16.1. The molecule has 27 heavy (non-hydrogen) atoms. The van der Waals surface area contributed by atoms with E-state index in [-0.39, 0.29) is 11.3 Å². The lowest BCUT2D eigenvalue weighted by atomic mass is 9.47. The first kappa shape index (κ1) is 17.2. The Bertz CT molecular complexity index is 873. The van der Waals surface area contributed by atoms with Crippen LogP contribution in [0.2, 0.25) is 0 Å². The molecule has 0 saturated heterocycles. The van der Waals surface area contributed by atoms with Gasteiger partial charge in [-0.2, -0.15) is 0 Å². The third kappa shape index (κ3) is 2.96. The minimum absolute atomic E-state index is 0.00941. The number of hydrogen-bond acceptors (Lipinski definition) is 3. The SMILES string of the molecule is CCCn1c(NC(=O)CC23CC4CC(CC(O)(C4)C2)C3)nc2ccccc21. The molecule has 4 aliphatic rings. The molecular formula is C22H29N3O2. The monoisotopic (exact) mass is 367 g/mol. The summed E-state index contributed by atoms with van der Waals surface area (Å²) >= 11 is 0. The topological polar surface area (TPSA) is 67.2 Å². The zero-order chi connectivity index (χ0) is 18.6. The Morgan fingerprint density at radius 2 is 2.00 bits per heavy atom. The minimum atomic E-state index is -0.514. The number of carbonyl (C=O) groups is 1. The molecule has 1 amide bonds. The summed E-state index contributed by atoms with van der Waals surface area (Å²) in [6.45, 7) is 2.97. The summed E-state index contributed by atoms with van der Waals surface area (Å²) in [6, 6.07) is 8.04. The first-order valence-electron chi connectivity index (χ1n) is 10.5. The van der Waals surface area contributed by atoms with Gasteiger partial charge in [0.2, 0.25) is 11.9 Å². The average molecular weight is 367 g/mol. The number of carbonyl (C=O) groups excluding carboxylic acids is 1. The van der Waals surface area contributed by atoms with E-state index < -0.39 is 5.60 Å². The van der Waals surface area contributed by atoms with Crippen molar-refractivity contribution in [3.05, 3.63) is 24.3 Å². The van der Waals surface area contributed by atoms with Crippen LogP contribution >= 0.6 is 0 Å². The van der Waals surface area contributed by atoms with Gasteiger partial charge in [-0.15, -0.1) is 0 Å². The molecule has 4 aliphatic carbocycles. The first-order chi connectivity index (χ1) is 13.0. The molecule has 2 atom stereocenters. The second-order valence-electron chi connectivity index (χ2n) is 9.49. The van der Waals surface area contributed by atoms with Crippen molar-refractivity contribution < 1.29 is 9.90 Å². The lowest BCUT2D eigenvalue weighted by molar-refractivity contribution is -0.167. The number of amides is 1. The van der Waals surface area contributed by atoms with Crippen molar-refractivity contribution in [2.24, 2.45) is 17.3 Å². The number of rotatable bonds is 5. The van der Waals surface area contributed by atoms with Gasteiger partial charge in [0.25, 0.3) is 0 Å². The van der Waals surface area contributed by atoms with Crippen LogP contribution in [0, 0.1) is 17.3 Å². The fourth-order valence-corrected chi connectivity index (χ4v) is 6.74. The Morgan fingerprint density at radius 3 is 2.70 bits per heavy atom. The van der Waals surface area contributed by atoms with Crippen molar-refractivity contribution in [2.45, 2.75) is 70.4 Å². The van der Waals surface area contributed by atoms with Crippen molar-refractivity contribution in [1.29, 1.82) is 0 Å². The number of anilines is 1. The highest BCUT2D eigenvalue weighted by Gasteiger charge is 2.57. The highest BCUT2D eigenvalue weighted by molar-refractivity contribution is 5.92. The Kier molecular flexibility index (Phi) is 3.87. The van der Waals surface area contributed by atoms with Crippen LogP contribution in [-0.4, -0.2) is 26.2 Å². The molecule has 5 nitrogen and oxygen atoms in total. The number of imidazole rings is 1. The predicted molar refractivity (Wildman–Crippen MR) is 105 cm³/mol. The van der Waals surface area contributed by atoms with Gasteiger partial charge in [0.15, 0.2) is 0 Å². The van der Waals surface area contributed by atoms with Crippen LogP contribution in [0.25, 0.3) is 11.0 Å². The van der Waals surface area contributed by atoms with E-state index in [1.165, 1.54) is 6.42 Å². The number of para-hydroxylation sites is 2. The predicted octanol–water partition coefficient (Wildman–Crippen LogP) is 4.11. The summed E-state index contributed by atoms with van der Waals surface area (Å²) in [5.41, 5.74) is 1.47. The quantitative estimate of drug-likeness (QED) is 0.836. The summed E-state index contributed by atoms with van der Waals surface area (Å²) in [5.74, 6) is 1.92. The molecule has 4 fully saturated rings. The van der Waals surface area contributed by atoms with E-state index in [2.05, 4.69) is 27.9 Å². The van der Waals surface area contributed by atoms with Gasteiger partial charge in [0.05, 0.1) is 16.6 Å². The van der Waals surface area contributed by atoms with Crippen molar-refractivity contribution in [3.63, 3.8) is 0 Å². The van der Waals surface area contributed by atoms with Crippen LogP contribution in [0.5, 0.6) is 0 Å². The number of nitrogens with one attached hydrogen (secondary N) is 1. The molecule has 2 unspecified atom stereocenters. The normalized spacial score (nSPS) is 34.3. The van der Waals surface area contributed by atoms with E-state index in [0.717, 1.165) is 56.1 Å². The largest absolute Gasteiger partial charge is 0.390 e. The van der Waals surface area contributed by atoms with Gasteiger partial charge in [0, 0.05) is 13.0 Å². The number of aromatic nitrogens is 2. The average Bonchev–Trinajstić information content (AvgIpc) is 2.90. The maximum atomic E-state index is 13.0. The summed E-state index contributed by atoms with van der Waals surface area (Å²) in [6.07, 6.45) is 7.64. The van der Waals surface area contributed by atoms with Gasteiger partial charge < -0.3 is 9.67 Å². The standard InChI is InChI=1S/C22H29N3O2/c1-2-7-25-18-6-4-3-5-17(18)23-20(25)24-19(26)13-21-9-15-8-16(10-21)12-22(27,11-15)14-21/h3-6,15-16,27H,2,7-14H2,1H3,(H,23,24,26). The van der Waals surface area contributed by atoms with Crippen LogP contribution in [0.1, 0.15) is 58.3 Å². The Morgan fingerprint density at radius 1 is 1.26 bits per heavy atom. The fraction of sp³-hybridized carbons (Fsp3) is 0.636. The summed E-state index contributed by atoms with van der Waals surface area (Å²) in [4.78, 5) is 17.6. The Labute approximate surface area is 160 Å². The van der Waals surface area contributed by atoms with Gasteiger partial charge in [-0.1, -0.05) is 19.1 Å². The smallest absolute Gasteiger partial charge is 0.227 e. The second-order valence-corrected chi connectivity index (χ2v) is 9.49. The van der Waals surface area contributed by atoms with Crippen molar-refractivity contribution >= 4 is 22.9 Å². The third-order valence-electron chi connectivity index (χ3n) is 7.04. The van der Waals surface area contributed by atoms with Crippen molar-refractivity contribution in [3.8, 4) is 0 Å². The van der Waals surface area contributed by atoms with Gasteiger partial charge in [-0.05, 0) is 74.3 Å². The number of fused-ring (bicyclic) bond motifs is 1. The van der Waals surface area contributed by atoms with E-state index in [9.17, 15) is 9.90 Å². The molecule has 4 saturated carbocycles. The second kappa shape index (κ2) is 6.06. The van der Waals surface area contributed by atoms with Gasteiger partial charge in [0.1, 0.15) is 0 Å². The molecule has 5 heteroatoms. The highest BCUT2D eigenvalue weighted by atomic mass is 16.3. The van der Waals surface area contributed by atoms with E-state index in [1.54, 1.807) is 0 Å². The fourth-order valence-electron chi connectivity index (χ4n) is 6.74. The van der Waals surface area contributed by atoms with E-state index >= 15 is 0 Å². The molecule has 144 valence electrons. The molecule has 1 aromatic carbocycles. The van der Waals surface area contributed by atoms with Gasteiger partial charge >= 0.3 is 0 Å². The Balaban J connectivity index is 1.37. The van der Waals surface area contributed by atoms with E-state index in [1.807, 2.05) is 18.2 Å². The third-order valence-corrected chi connectivity index (χ3v) is 7.04. The van der Waals surface area contributed by atoms with Gasteiger partial charge in [-0.25, -0.2) is 4.98 Å².